The minimum absolute atomic E-state index is 0.0319. The summed E-state index contributed by atoms with van der Waals surface area (Å²) in [4.78, 5) is 0. The number of nitrogens with one attached hydrogen (secondary N) is 1. The Hall–Kier alpha value is -1.49. The number of anilines is 2. The van der Waals surface area contributed by atoms with Gasteiger partial charge in [-0.1, -0.05) is 13.8 Å². The third kappa shape index (κ3) is 2.34. The first-order chi connectivity index (χ1) is 8.90. The largest absolute Gasteiger partial charge is 0.495 e. The van der Waals surface area contributed by atoms with E-state index in [-0.39, 0.29) is 23.4 Å². The number of hydrogen-bond acceptors (Lipinski definition) is 4. The number of ether oxygens (including phenoxy) is 2. The van der Waals surface area contributed by atoms with E-state index >= 15 is 0 Å². The molecule has 0 saturated heterocycles. The van der Waals surface area contributed by atoms with E-state index in [4.69, 9.17) is 15.2 Å². The second kappa shape index (κ2) is 4.89. The minimum Gasteiger partial charge on any atom is -0.495 e. The Kier molecular flexibility index (Phi) is 3.58. The molecule has 0 amide bonds. The van der Waals surface area contributed by atoms with Crippen LogP contribution in [0.5, 0.6) is 5.75 Å². The van der Waals surface area contributed by atoms with Gasteiger partial charge in [0.1, 0.15) is 11.6 Å². The molecule has 1 aromatic carbocycles. The Labute approximate surface area is 113 Å². The van der Waals surface area contributed by atoms with Crippen LogP contribution in [0.25, 0.3) is 0 Å². The van der Waals surface area contributed by atoms with Crippen molar-refractivity contribution >= 4 is 11.4 Å². The highest BCUT2D eigenvalue weighted by Crippen LogP contribution is 2.44. The Morgan fingerprint density at radius 1 is 1.37 bits per heavy atom. The summed E-state index contributed by atoms with van der Waals surface area (Å²) >= 11 is 0. The molecule has 0 heterocycles. The van der Waals surface area contributed by atoms with Gasteiger partial charge in [-0.3, -0.25) is 0 Å². The second-order valence-corrected chi connectivity index (χ2v) is 5.55. The smallest absolute Gasteiger partial charge is 0.148 e. The van der Waals surface area contributed by atoms with Crippen molar-refractivity contribution in [2.45, 2.75) is 32.4 Å². The zero-order valence-corrected chi connectivity index (χ0v) is 11.8. The molecule has 2 rings (SSSR count). The molecule has 0 spiro atoms. The zero-order valence-electron chi connectivity index (χ0n) is 11.8. The van der Waals surface area contributed by atoms with Crippen LogP contribution in [0.3, 0.4) is 0 Å². The highest BCUT2D eigenvalue weighted by molar-refractivity contribution is 5.62. The Bertz CT molecular complexity index is 477. The van der Waals surface area contributed by atoms with Gasteiger partial charge in [0.25, 0.3) is 0 Å². The van der Waals surface area contributed by atoms with Crippen LogP contribution in [0.1, 0.15) is 20.3 Å². The van der Waals surface area contributed by atoms with Crippen molar-refractivity contribution in [3.05, 3.63) is 17.9 Å². The van der Waals surface area contributed by atoms with Gasteiger partial charge in [0.2, 0.25) is 0 Å². The quantitative estimate of drug-likeness (QED) is 0.824. The Morgan fingerprint density at radius 3 is 2.58 bits per heavy atom. The standard InChI is InChI=1S/C14H21FN2O2/c1-14(2)12(7-13(14)19-4)17-10-6-11(18-3)9(16)5-8(10)15/h5-6,12-13,17H,7,16H2,1-4H3. The number of nitrogens with two attached hydrogens (primary N) is 1. The fourth-order valence-corrected chi connectivity index (χ4v) is 2.57. The summed E-state index contributed by atoms with van der Waals surface area (Å²) in [5, 5.41) is 3.21. The van der Waals surface area contributed by atoms with Crippen LogP contribution in [0.15, 0.2) is 12.1 Å². The van der Waals surface area contributed by atoms with Crippen molar-refractivity contribution in [1.82, 2.24) is 0 Å². The van der Waals surface area contributed by atoms with Crippen LogP contribution in [0.4, 0.5) is 15.8 Å². The molecule has 0 aromatic heterocycles. The summed E-state index contributed by atoms with van der Waals surface area (Å²) in [6.45, 7) is 4.21. The van der Waals surface area contributed by atoms with Gasteiger partial charge in [-0.2, -0.15) is 0 Å². The van der Waals surface area contributed by atoms with Crippen molar-refractivity contribution < 1.29 is 13.9 Å². The van der Waals surface area contributed by atoms with Gasteiger partial charge in [0.05, 0.1) is 24.6 Å². The molecule has 5 heteroatoms. The third-order valence-corrected chi connectivity index (χ3v) is 4.11. The van der Waals surface area contributed by atoms with Crippen LogP contribution in [-0.4, -0.2) is 26.4 Å². The van der Waals surface area contributed by atoms with Gasteiger partial charge in [-0.15, -0.1) is 0 Å². The summed E-state index contributed by atoms with van der Waals surface area (Å²) in [6, 6.07) is 3.04. The maximum atomic E-state index is 13.9. The number of nitrogen functional groups attached to an aromatic ring is 1. The predicted molar refractivity (Wildman–Crippen MR) is 74.0 cm³/mol. The first kappa shape index (κ1) is 13.9. The van der Waals surface area contributed by atoms with Gasteiger partial charge in [0.15, 0.2) is 0 Å². The van der Waals surface area contributed by atoms with Crippen LogP contribution in [0.2, 0.25) is 0 Å². The summed E-state index contributed by atoms with van der Waals surface area (Å²) in [5.41, 5.74) is 6.34. The molecule has 0 radical (unpaired) electrons. The molecule has 106 valence electrons. The molecular formula is C14H21FN2O2. The lowest BCUT2D eigenvalue weighted by molar-refractivity contribution is -0.0795. The van der Waals surface area contributed by atoms with Crippen molar-refractivity contribution in [3.63, 3.8) is 0 Å². The maximum Gasteiger partial charge on any atom is 0.148 e. The van der Waals surface area contributed by atoms with E-state index < -0.39 is 0 Å². The summed E-state index contributed by atoms with van der Waals surface area (Å²) in [7, 11) is 3.22. The van der Waals surface area contributed by atoms with Gasteiger partial charge in [0, 0.05) is 30.7 Å². The van der Waals surface area contributed by atoms with E-state index in [1.165, 1.54) is 13.2 Å². The lowest BCUT2D eigenvalue weighted by Gasteiger charge is -2.51. The van der Waals surface area contributed by atoms with Crippen molar-refractivity contribution in [3.8, 4) is 5.75 Å². The number of benzene rings is 1. The maximum absolute atomic E-state index is 13.9. The molecule has 4 nitrogen and oxygen atoms in total. The molecule has 0 aliphatic heterocycles. The van der Waals surface area contributed by atoms with Gasteiger partial charge < -0.3 is 20.5 Å². The van der Waals surface area contributed by atoms with Crippen molar-refractivity contribution in [2.24, 2.45) is 5.41 Å². The first-order valence-corrected chi connectivity index (χ1v) is 6.32. The molecule has 0 bridgehead atoms. The van der Waals surface area contributed by atoms with Gasteiger partial charge >= 0.3 is 0 Å². The number of hydrogen-bond donors (Lipinski definition) is 2. The predicted octanol–water partition coefficient (Wildman–Crippen LogP) is 2.64. The van der Waals surface area contributed by atoms with Crippen molar-refractivity contribution in [2.75, 3.05) is 25.3 Å². The number of halogens is 1. The Morgan fingerprint density at radius 2 is 2.05 bits per heavy atom. The molecular weight excluding hydrogens is 247 g/mol. The van der Waals surface area contributed by atoms with E-state index in [9.17, 15) is 4.39 Å². The molecule has 1 fully saturated rings. The van der Waals surface area contributed by atoms with Gasteiger partial charge in [-0.05, 0) is 6.42 Å². The van der Waals surface area contributed by atoms with Crippen LogP contribution >= 0.6 is 0 Å². The summed E-state index contributed by atoms with van der Waals surface area (Å²) in [5.74, 6) is 0.110. The number of rotatable bonds is 4. The van der Waals surface area contributed by atoms with E-state index in [2.05, 4.69) is 19.2 Å². The first-order valence-electron chi connectivity index (χ1n) is 6.32. The van der Waals surface area contributed by atoms with E-state index in [1.807, 2.05) is 0 Å². The SMILES string of the molecule is COc1cc(NC2CC(OC)C2(C)C)c(F)cc1N. The monoisotopic (exact) mass is 268 g/mol. The second-order valence-electron chi connectivity index (χ2n) is 5.55. The molecule has 2 atom stereocenters. The molecule has 3 N–H and O–H groups in total. The lowest BCUT2D eigenvalue weighted by atomic mass is 9.64. The average molecular weight is 268 g/mol. The van der Waals surface area contributed by atoms with Gasteiger partial charge in [-0.25, -0.2) is 4.39 Å². The zero-order chi connectivity index (χ0) is 14.2. The van der Waals surface area contributed by atoms with Crippen molar-refractivity contribution in [1.29, 1.82) is 0 Å². The lowest BCUT2D eigenvalue weighted by Crippen LogP contribution is -2.57. The van der Waals surface area contributed by atoms with Crippen LogP contribution in [0, 0.1) is 11.2 Å². The normalized spacial score (nSPS) is 24.7. The summed E-state index contributed by atoms with van der Waals surface area (Å²) < 4.78 is 24.4. The molecule has 1 aliphatic carbocycles. The van der Waals surface area contributed by atoms with E-state index in [0.717, 1.165) is 6.42 Å². The molecule has 1 aliphatic rings. The third-order valence-electron chi connectivity index (χ3n) is 4.11. The summed E-state index contributed by atoms with van der Waals surface area (Å²) in [6.07, 6.45) is 1.05. The van der Waals surface area contributed by atoms with E-state index in [1.54, 1.807) is 13.2 Å². The molecule has 19 heavy (non-hydrogen) atoms. The fraction of sp³-hybridized carbons (Fsp3) is 0.571. The molecule has 1 saturated carbocycles. The molecule has 1 aromatic rings. The molecule has 2 unspecified atom stereocenters. The van der Waals surface area contributed by atoms with Crippen LogP contribution in [-0.2, 0) is 4.74 Å². The Balaban J connectivity index is 2.17. The fourth-order valence-electron chi connectivity index (χ4n) is 2.57. The average Bonchev–Trinajstić information content (AvgIpc) is 2.36. The van der Waals surface area contributed by atoms with Crippen LogP contribution < -0.4 is 15.8 Å². The van der Waals surface area contributed by atoms with E-state index in [0.29, 0.717) is 17.1 Å². The highest BCUT2D eigenvalue weighted by Gasteiger charge is 2.48. The minimum atomic E-state index is -0.366. The topological polar surface area (TPSA) is 56.5 Å². The number of methoxy groups -OCH3 is 2. The highest BCUT2D eigenvalue weighted by atomic mass is 19.1.